The first-order valence-electron chi connectivity index (χ1n) is 8.26. The van der Waals surface area contributed by atoms with E-state index in [0.717, 1.165) is 31.4 Å². The predicted octanol–water partition coefficient (Wildman–Crippen LogP) is 4.07. The number of pyridine rings is 1. The summed E-state index contributed by atoms with van der Waals surface area (Å²) < 4.78 is 19.6. The molecule has 0 aliphatic heterocycles. The number of nitrogens with zero attached hydrogens (tertiary/aromatic N) is 1. The van der Waals surface area contributed by atoms with Crippen LogP contribution >= 0.6 is 0 Å². The number of rotatable bonds is 7. The highest BCUT2D eigenvalue weighted by atomic mass is 19.1. The molecule has 1 saturated carbocycles. The van der Waals surface area contributed by atoms with Crippen molar-refractivity contribution < 1.29 is 9.13 Å². The van der Waals surface area contributed by atoms with Gasteiger partial charge >= 0.3 is 0 Å². The molecule has 1 aliphatic rings. The van der Waals surface area contributed by atoms with Crippen LogP contribution in [0.2, 0.25) is 0 Å². The van der Waals surface area contributed by atoms with Crippen molar-refractivity contribution in [1.82, 2.24) is 10.3 Å². The van der Waals surface area contributed by atoms with Gasteiger partial charge in [-0.25, -0.2) is 9.37 Å². The fraction of sp³-hybridized carbons (Fsp3) is 0.706. The van der Waals surface area contributed by atoms with Crippen LogP contribution in [-0.4, -0.2) is 17.6 Å². The second kappa shape index (κ2) is 8.32. The molecule has 2 atom stereocenters. The van der Waals surface area contributed by atoms with Crippen LogP contribution in [0.3, 0.4) is 0 Å². The molecule has 3 nitrogen and oxygen atoms in total. The quantitative estimate of drug-likeness (QED) is 0.770. The lowest BCUT2D eigenvalue weighted by molar-refractivity contribution is 0.0845. The average Bonchev–Trinajstić information content (AvgIpc) is 2.50. The molecule has 1 heterocycles. The van der Waals surface area contributed by atoms with Crippen LogP contribution in [0.15, 0.2) is 12.3 Å². The van der Waals surface area contributed by atoms with E-state index in [9.17, 15) is 4.39 Å². The van der Waals surface area contributed by atoms with Crippen molar-refractivity contribution in [2.75, 3.05) is 6.54 Å². The molecule has 0 amide bonds. The zero-order valence-corrected chi connectivity index (χ0v) is 13.2. The lowest BCUT2D eigenvalue weighted by Crippen LogP contribution is -2.30. The first-order valence-corrected chi connectivity index (χ1v) is 8.26. The van der Waals surface area contributed by atoms with Crippen molar-refractivity contribution >= 4 is 0 Å². The normalized spacial score (nSPS) is 22.2. The van der Waals surface area contributed by atoms with E-state index in [1.165, 1.54) is 31.5 Å². The van der Waals surface area contributed by atoms with Crippen molar-refractivity contribution in [3.05, 3.63) is 23.6 Å². The predicted molar refractivity (Wildman–Crippen MR) is 82.9 cm³/mol. The molecule has 1 N–H and O–H groups in total. The van der Waals surface area contributed by atoms with Crippen LogP contribution < -0.4 is 10.1 Å². The Bertz CT molecular complexity index is 439. The van der Waals surface area contributed by atoms with E-state index >= 15 is 0 Å². The Morgan fingerprint density at radius 1 is 1.33 bits per heavy atom. The number of aromatic nitrogens is 1. The Morgan fingerprint density at radius 2 is 2.14 bits per heavy atom. The number of halogens is 1. The summed E-state index contributed by atoms with van der Waals surface area (Å²) in [6, 6.07) is 1.54. The van der Waals surface area contributed by atoms with E-state index in [2.05, 4.69) is 24.1 Å². The van der Waals surface area contributed by atoms with E-state index in [1.807, 2.05) is 0 Å². The molecule has 118 valence electrons. The van der Waals surface area contributed by atoms with Crippen molar-refractivity contribution in [3.63, 3.8) is 0 Å². The summed E-state index contributed by atoms with van der Waals surface area (Å²) in [5.74, 6) is 0.902. The van der Waals surface area contributed by atoms with Gasteiger partial charge < -0.3 is 10.1 Å². The minimum absolute atomic E-state index is 0.228. The minimum Gasteiger partial charge on any atom is -0.474 e. The average molecular weight is 294 g/mol. The van der Waals surface area contributed by atoms with Crippen molar-refractivity contribution in [1.29, 1.82) is 0 Å². The van der Waals surface area contributed by atoms with Gasteiger partial charge in [-0.1, -0.05) is 20.3 Å². The monoisotopic (exact) mass is 294 g/mol. The topological polar surface area (TPSA) is 34.2 Å². The second-order valence-corrected chi connectivity index (χ2v) is 5.90. The summed E-state index contributed by atoms with van der Waals surface area (Å²) in [6.45, 7) is 5.85. The van der Waals surface area contributed by atoms with Crippen LogP contribution in [0.1, 0.15) is 57.9 Å². The molecule has 2 rings (SSSR count). The third-order valence-corrected chi connectivity index (χ3v) is 4.26. The van der Waals surface area contributed by atoms with Gasteiger partial charge in [0, 0.05) is 12.1 Å². The van der Waals surface area contributed by atoms with E-state index in [-0.39, 0.29) is 11.9 Å². The molecule has 1 aliphatic carbocycles. The van der Waals surface area contributed by atoms with E-state index < -0.39 is 0 Å². The summed E-state index contributed by atoms with van der Waals surface area (Å²) in [6.07, 6.45) is 8.49. The number of nitrogens with one attached hydrogen (secondary N) is 1. The highest BCUT2D eigenvalue weighted by Gasteiger charge is 2.26. The molecule has 1 fully saturated rings. The van der Waals surface area contributed by atoms with E-state index in [1.54, 1.807) is 0 Å². The Balaban J connectivity index is 2.06. The Morgan fingerprint density at radius 3 is 2.90 bits per heavy atom. The van der Waals surface area contributed by atoms with Crippen LogP contribution in [0.4, 0.5) is 4.39 Å². The van der Waals surface area contributed by atoms with Crippen molar-refractivity contribution in [3.8, 4) is 5.88 Å². The molecule has 1 aromatic rings. The molecule has 0 saturated heterocycles. The van der Waals surface area contributed by atoms with Gasteiger partial charge in [0.15, 0.2) is 0 Å². The van der Waals surface area contributed by atoms with Crippen LogP contribution in [0.5, 0.6) is 5.88 Å². The second-order valence-electron chi connectivity index (χ2n) is 5.90. The molecule has 0 bridgehead atoms. The fourth-order valence-electron chi connectivity index (χ4n) is 3.04. The van der Waals surface area contributed by atoms with Crippen molar-refractivity contribution in [2.45, 2.75) is 65.0 Å². The first kappa shape index (κ1) is 16.2. The highest BCUT2D eigenvalue weighted by Crippen LogP contribution is 2.31. The van der Waals surface area contributed by atoms with Gasteiger partial charge in [-0.3, -0.25) is 0 Å². The third-order valence-electron chi connectivity index (χ3n) is 4.26. The molecule has 0 spiro atoms. The maximum Gasteiger partial charge on any atom is 0.218 e. The third kappa shape index (κ3) is 4.67. The zero-order valence-electron chi connectivity index (χ0n) is 13.2. The van der Waals surface area contributed by atoms with Crippen LogP contribution in [0, 0.1) is 11.7 Å². The van der Waals surface area contributed by atoms with E-state index in [0.29, 0.717) is 18.3 Å². The summed E-state index contributed by atoms with van der Waals surface area (Å²) >= 11 is 0. The standard InChI is InChI=1S/C17H27FN2O/c1-3-9-19-11-14-10-15(18)12-20-17(14)21-16-8-6-5-7-13(16)4-2/h10,12-13,16,19H,3-9,11H2,1-2H3. The Labute approximate surface area is 127 Å². The van der Waals surface area contributed by atoms with Crippen molar-refractivity contribution in [2.24, 2.45) is 5.92 Å². The van der Waals surface area contributed by atoms with Gasteiger partial charge in [-0.2, -0.15) is 0 Å². The SMILES string of the molecule is CCCNCc1cc(F)cnc1OC1CCCCC1CC. The Kier molecular flexibility index (Phi) is 6.43. The summed E-state index contributed by atoms with van der Waals surface area (Å²) in [5.41, 5.74) is 0.823. The lowest BCUT2D eigenvalue weighted by Gasteiger charge is -2.31. The first-order chi connectivity index (χ1) is 10.2. The zero-order chi connectivity index (χ0) is 15.1. The molecule has 0 radical (unpaired) electrons. The smallest absolute Gasteiger partial charge is 0.218 e. The summed E-state index contributed by atoms with van der Waals surface area (Å²) in [7, 11) is 0. The number of hydrogen-bond acceptors (Lipinski definition) is 3. The van der Waals surface area contributed by atoms with Gasteiger partial charge in [0.05, 0.1) is 6.20 Å². The van der Waals surface area contributed by atoms with Crippen LogP contribution in [0.25, 0.3) is 0 Å². The van der Waals surface area contributed by atoms with E-state index in [4.69, 9.17) is 4.74 Å². The number of ether oxygens (including phenoxy) is 1. The minimum atomic E-state index is -0.300. The maximum absolute atomic E-state index is 13.4. The van der Waals surface area contributed by atoms with Gasteiger partial charge in [0.2, 0.25) is 5.88 Å². The molecule has 2 unspecified atom stereocenters. The van der Waals surface area contributed by atoms with Gasteiger partial charge in [0.1, 0.15) is 11.9 Å². The molecular formula is C17H27FN2O. The lowest BCUT2D eigenvalue weighted by atomic mass is 9.85. The maximum atomic E-state index is 13.4. The summed E-state index contributed by atoms with van der Waals surface area (Å²) in [5, 5.41) is 3.29. The molecule has 4 heteroatoms. The molecule has 1 aromatic heterocycles. The fourth-order valence-corrected chi connectivity index (χ4v) is 3.04. The van der Waals surface area contributed by atoms with Gasteiger partial charge in [-0.15, -0.1) is 0 Å². The largest absolute Gasteiger partial charge is 0.474 e. The molecule has 0 aromatic carbocycles. The van der Waals surface area contributed by atoms with Gasteiger partial charge in [0.25, 0.3) is 0 Å². The van der Waals surface area contributed by atoms with Gasteiger partial charge in [-0.05, 0) is 50.6 Å². The Hall–Kier alpha value is -1.16. The summed E-state index contributed by atoms with van der Waals surface area (Å²) in [4.78, 5) is 4.18. The molecule has 21 heavy (non-hydrogen) atoms. The van der Waals surface area contributed by atoms with Crippen LogP contribution in [-0.2, 0) is 6.54 Å². The highest BCUT2D eigenvalue weighted by molar-refractivity contribution is 5.26. The molecular weight excluding hydrogens is 267 g/mol. The number of hydrogen-bond donors (Lipinski definition) is 1.